The van der Waals surface area contributed by atoms with Crippen molar-refractivity contribution in [3.05, 3.63) is 0 Å². The second kappa shape index (κ2) is 5.28. The summed E-state index contributed by atoms with van der Waals surface area (Å²) in [6.45, 7) is 8.89. The summed E-state index contributed by atoms with van der Waals surface area (Å²) in [6, 6.07) is 0. The average Bonchev–Trinajstić information content (AvgIpc) is 2.74. The van der Waals surface area contributed by atoms with Crippen molar-refractivity contribution < 1.29 is 9.79 Å². The van der Waals surface area contributed by atoms with Gasteiger partial charge in [-0.3, -0.25) is 9.79 Å². The molecule has 0 aliphatic carbocycles. The Morgan fingerprint density at radius 3 is 1.11 bits per heavy atom. The fraction of sp³-hybridized carbons (Fsp3) is 1.00. The molecule has 2 fully saturated rings. The highest BCUT2D eigenvalue weighted by Crippen LogP contribution is 2.75. The first-order chi connectivity index (χ1) is 8.30. The Balaban J connectivity index is 2.03. The summed E-state index contributed by atoms with van der Waals surface area (Å²) in [5, 5.41) is 0. The summed E-state index contributed by atoms with van der Waals surface area (Å²) in [7, 11) is -3.56. The van der Waals surface area contributed by atoms with Crippen LogP contribution in [0.5, 0.6) is 0 Å². The number of hydrogen-bond donors (Lipinski definition) is 2. The van der Waals surface area contributed by atoms with Crippen LogP contribution in [0.4, 0.5) is 0 Å². The molecule has 0 spiro atoms. The highest BCUT2D eigenvalue weighted by Gasteiger charge is 2.58. The standard InChI is InChI=1S/C14H30O2P2/c1-11-5-6-12(2)17(11,15)9-10-18(16)13(3)7-8-14(18)4/h11-16H,5-10H2,1-4H3/q+2. The van der Waals surface area contributed by atoms with Crippen LogP contribution in [0.15, 0.2) is 0 Å². The van der Waals surface area contributed by atoms with E-state index in [0.29, 0.717) is 22.6 Å². The summed E-state index contributed by atoms with van der Waals surface area (Å²) in [5.41, 5.74) is 2.03. The first-order valence-electron chi connectivity index (χ1n) is 7.51. The van der Waals surface area contributed by atoms with Gasteiger partial charge in [0, 0.05) is 0 Å². The quantitative estimate of drug-likeness (QED) is 0.772. The van der Waals surface area contributed by atoms with Crippen molar-refractivity contribution in [1.82, 2.24) is 0 Å². The SMILES string of the molecule is CC1CCC(C)[P+]1(O)CC[P+]1(O)C(C)CCC1C. The Morgan fingerprint density at radius 1 is 0.667 bits per heavy atom. The van der Waals surface area contributed by atoms with Gasteiger partial charge in [-0.15, -0.1) is 0 Å². The van der Waals surface area contributed by atoms with E-state index in [-0.39, 0.29) is 0 Å². The molecule has 0 aromatic carbocycles. The molecule has 18 heavy (non-hydrogen) atoms. The molecule has 0 aromatic heterocycles. The van der Waals surface area contributed by atoms with Crippen molar-refractivity contribution in [3.63, 3.8) is 0 Å². The van der Waals surface area contributed by atoms with Crippen molar-refractivity contribution in [2.24, 2.45) is 0 Å². The van der Waals surface area contributed by atoms with Crippen LogP contribution < -0.4 is 0 Å². The zero-order valence-corrected chi connectivity index (χ0v) is 14.1. The van der Waals surface area contributed by atoms with E-state index < -0.39 is 15.0 Å². The molecule has 0 radical (unpaired) electrons. The lowest BCUT2D eigenvalue weighted by atomic mass is 10.2. The van der Waals surface area contributed by atoms with Gasteiger partial charge in [0.05, 0.1) is 22.6 Å². The van der Waals surface area contributed by atoms with Crippen LogP contribution in [0.25, 0.3) is 0 Å². The Labute approximate surface area is 113 Å². The molecule has 2 rings (SSSR count). The van der Waals surface area contributed by atoms with E-state index in [1.807, 2.05) is 0 Å². The molecule has 0 saturated carbocycles. The predicted octanol–water partition coefficient (Wildman–Crippen LogP) is 3.98. The van der Waals surface area contributed by atoms with Gasteiger partial charge in [-0.1, -0.05) is 0 Å². The molecule has 2 nitrogen and oxygen atoms in total. The van der Waals surface area contributed by atoms with Crippen molar-refractivity contribution in [1.29, 1.82) is 0 Å². The summed E-state index contributed by atoms with van der Waals surface area (Å²) in [5.74, 6) is 0. The second-order valence-electron chi connectivity index (χ2n) is 6.77. The molecule has 2 saturated heterocycles. The molecular weight excluding hydrogens is 262 g/mol. The number of rotatable bonds is 3. The van der Waals surface area contributed by atoms with Crippen LogP contribution in [0, 0.1) is 0 Å². The van der Waals surface area contributed by atoms with Crippen LogP contribution in [-0.4, -0.2) is 44.7 Å². The van der Waals surface area contributed by atoms with Gasteiger partial charge in [0.15, 0.2) is 15.0 Å². The van der Waals surface area contributed by atoms with Gasteiger partial charge < -0.3 is 0 Å². The molecule has 0 aromatic rings. The van der Waals surface area contributed by atoms with E-state index >= 15 is 0 Å². The predicted molar refractivity (Wildman–Crippen MR) is 84.3 cm³/mol. The molecule has 106 valence electrons. The summed E-state index contributed by atoms with van der Waals surface area (Å²) >= 11 is 0. The molecule has 4 unspecified atom stereocenters. The van der Waals surface area contributed by atoms with Gasteiger partial charge in [0.1, 0.15) is 12.3 Å². The van der Waals surface area contributed by atoms with Gasteiger partial charge in [0.2, 0.25) is 0 Å². The minimum atomic E-state index is -1.78. The average molecular weight is 292 g/mol. The maximum Gasteiger partial charge on any atom is 0.151 e. The molecule has 4 atom stereocenters. The maximum atomic E-state index is 11.0. The minimum absolute atomic E-state index is 0.507. The second-order valence-corrected chi connectivity index (χ2v) is 14.7. The van der Waals surface area contributed by atoms with E-state index in [9.17, 15) is 9.79 Å². The van der Waals surface area contributed by atoms with E-state index in [2.05, 4.69) is 27.7 Å². The van der Waals surface area contributed by atoms with Crippen molar-refractivity contribution >= 4 is 15.0 Å². The summed E-state index contributed by atoms with van der Waals surface area (Å²) in [6.07, 6.45) is 6.60. The van der Waals surface area contributed by atoms with Crippen LogP contribution >= 0.6 is 15.0 Å². The molecular formula is C14H30O2P2+2. The van der Waals surface area contributed by atoms with E-state index in [4.69, 9.17) is 0 Å². The van der Waals surface area contributed by atoms with Gasteiger partial charge in [-0.2, -0.15) is 0 Å². The maximum absolute atomic E-state index is 11.0. The van der Waals surface area contributed by atoms with Crippen LogP contribution in [-0.2, 0) is 0 Å². The lowest BCUT2D eigenvalue weighted by Crippen LogP contribution is -2.21. The fourth-order valence-electron chi connectivity index (χ4n) is 3.93. The molecule has 2 heterocycles. The van der Waals surface area contributed by atoms with Gasteiger partial charge >= 0.3 is 0 Å². The van der Waals surface area contributed by atoms with Crippen molar-refractivity contribution in [3.8, 4) is 0 Å². The van der Waals surface area contributed by atoms with Gasteiger partial charge in [0.25, 0.3) is 0 Å². The molecule has 0 amide bonds. The summed E-state index contributed by atoms with van der Waals surface area (Å²) in [4.78, 5) is 22.0. The lowest BCUT2D eigenvalue weighted by molar-refractivity contribution is 0.571. The van der Waals surface area contributed by atoms with Crippen LogP contribution in [0.2, 0.25) is 0 Å². The van der Waals surface area contributed by atoms with E-state index in [0.717, 1.165) is 12.3 Å². The molecule has 2 aliphatic heterocycles. The Morgan fingerprint density at radius 2 is 0.889 bits per heavy atom. The Hall–Kier alpha value is 0.780. The molecule has 4 heteroatoms. The molecule has 0 bridgehead atoms. The third-order valence-electron chi connectivity index (χ3n) is 5.87. The zero-order chi connectivity index (χ0) is 13.6. The van der Waals surface area contributed by atoms with Crippen LogP contribution in [0.3, 0.4) is 0 Å². The zero-order valence-electron chi connectivity index (χ0n) is 12.3. The van der Waals surface area contributed by atoms with E-state index in [1.165, 1.54) is 25.7 Å². The molecule has 2 aliphatic rings. The monoisotopic (exact) mass is 292 g/mol. The summed E-state index contributed by atoms with van der Waals surface area (Å²) < 4.78 is 0. The lowest BCUT2D eigenvalue weighted by Gasteiger charge is -2.28. The van der Waals surface area contributed by atoms with Crippen molar-refractivity contribution in [2.45, 2.75) is 76.0 Å². The van der Waals surface area contributed by atoms with Crippen molar-refractivity contribution in [2.75, 3.05) is 12.3 Å². The van der Waals surface area contributed by atoms with Crippen LogP contribution in [0.1, 0.15) is 53.4 Å². The highest BCUT2D eigenvalue weighted by atomic mass is 31.2. The largest absolute Gasteiger partial charge is 0.251 e. The van der Waals surface area contributed by atoms with Gasteiger partial charge in [-0.25, -0.2) is 0 Å². The minimum Gasteiger partial charge on any atom is -0.251 e. The van der Waals surface area contributed by atoms with Gasteiger partial charge in [-0.05, 0) is 53.4 Å². The fourth-order valence-corrected chi connectivity index (χ4v) is 12.4. The first-order valence-corrected chi connectivity index (χ1v) is 11.6. The molecule has 2 N–H and O–H groups in total. The highest BCUT2D eigenvalue weighted by molar-refractivity contribution is 7.75. The Bertz CT molecular complexity index is 258. The topological polar surface area (TPSA) is 40.5 Å². The first kappa shape index (κ1) is 15.2. The third kappa shape index (κ3) is 2.39. The van der Waals surface area contributed by atoms with E-state index in [1.54, 1.807) is 0 Å². The Kier molecular flexibility index (Phi) is 4.45. The smallest absolute Gasteiger partial charge is 0.151 e. The normalized spacial score (nSPS) is 53.0. The third-order valence-corrected chi connectivity index (χ3v) is 15.2. The number of hydrogen-bond acceptors (Lipinski definition) is 2.